The molecule has 0 bridgehead atoms. The molecule has 1 aliphatic heterocycles. The molecule has 1 N–H and O–H groups in total. The third-order valence-electron chi connectivity index (χ3n) is 4.17. The molecule has 114 valence electrons. The van der Waals surface area contributed by atoms with Crippen LogP contribution in [0.1, 0.15) is 46.3 Å². The molecule has 1 aliphatic carbocycles. The highest BCUT2D eigenvalue weighted by Crippen LogP contribution is 2.36. The van der Waals surface area contributed by atoms with Crippen LogP contribution in [-0.4, -0.2) is 39.1 Å². The summed E-state index contributed by atoms with van der Waals surface area (Å²) < 4.78 is 0. The van der Waals surface area contributed by atoms with Gasteiger partial charge in [-0.25, -0.2) is 4.79 Å². The minimum Gasteiger partial charge on any atom is -0.480 e. The second-order valence-corrected chi connectivity index (χ2v) is 7.88. The lowest BCUT2D eigenvalue weighted by molar-refractivity contribution is -0.141. The van der Waals surface area contributed by atoms with Gasteiger partial charge in [-0.2, -0.15) is 0 Å². The van der Waals surface area contributed by atoms with Gasteiger partial charge in [0, 0.05) is 10.6 Å². The quantitative estimate of drug-likeness (QED) is 0.928. The lowest BCUT2D eigenvalue weighted by atomic mass is 9.99. The number of fused-ring (bicyclic) bond motifs is 1. The number of carboxylic acids is 1. The summed E-state index contributed by atoms with van der Waals surface area (Å²) in [6.45, 7) is 2.00. The number of aliphatic carboxylic acids is 1. The summed E-state index contributed by atoms with van der Waals surface area (Å²) in [6, 6.07) is 1.31. The van der Waals surface area contributed by atoms with Gasteiger partial charge in [-0.3, -0.25) is 4.79 Å². The van der Waals surface area contributed by atoms with Crippen molar-refractivity contribution in [2.75, 3.05) is 5.75 Å². The summed E-state index contributed by atoms with van der Waals surface area (Å²) in [5, 5.41) is 9.34. The van der Waals surface area contributed by atoms with Crippen molar-refractivity contribution in [2.45, 2.75) is 50.4 Å². The number of carbonyl (C=O) groups is 2. The molecule has 21 heavy (non-hydrogen) atoms. The summed E-state index contributed by atoms with van der Waals surface area (Å²) in [7, 11) is 0. The molecule has 0 saturated carbocycles. The van der Waals surface area contributed by atoms with Gasteiger partial charge in [0.15, 0.2) is 0 Å². The van der Waals surface area contributed by atoms with Gasteiger partial charge in [0.25, 0.3) is 5.91 Å². The van der Waals surface area contributed by atoms with E-state index in [1.807, 2.05) is 13.0 Å². The lowest BCUT2D eigenvalue weighted by Gasteiger charge is -2.26. The Morgan fingerprint density at radius 3 is 2.81 bits per heavy atom. The molecule has 2 atom stereocenters. The van der Waals surface area contributed by atoms with Crippen LogP contribution >= 0.6 is 23.1 Å². The summed E-state index contributed by atoms with van der Waals surface area (Å²) >= 11 is 3.14. The van der Waals surface area contributed by atoms with Crippen molar-refractivity contribution in [2.24, 2.45) is 0 Å². The van der Waals surface area contributed by atoms with Crippen LogP contribution in [0, 0.1) is 0 Å². The van der Waals surface area contributed by atoms with E-state index in [1.165, 1.54) is 23.3 Å². The first-order valence-corrected chi connectivity index (χ1v) is 9.27. The van der Waals surface area contributed by atoms with E-state index in [2.05, 4.69) is 0 Å². The molecule has 2 unspecified atom stereocenters. The van der Waals surface area contributed by atoms with Gasteiger partial charge in [0.1, 0.15) is 6.04 Å². The first kappa shape index (κ1) is 14.9. The SMILES string of the molecule is CCC1SCC(C(=O)O)N1C(=O)c1cc2c(s1)CCCC2. The predicted octanol–water partition coefficient (Wildman–Crippen LogP) is 3.01. The maximum atomic E-state index is 12.8. The number of thiophene rings is 1. The summed E-state index contributed by atoms with van der Waals surface area (Å²) in [5.41, 5.74) is 1.29. The Morgan fingerprint density at radius 2 is 2.14 bits per heavy atom. The zero-order valence-corrected chi connectivity index (χ0v) is 13.6. The monoisotopic (exact) mass is 325 g/mol. The Bertz CT molecular complexity index is 546. The minimum atomic E-state index is -0.895. The Kier molecular flexibility index (Phi) is 4.26. The van der Waals surface area contributed by atoms with E-state index in [1.54, 1.807) is 28.0 Å². The van der Waals surface area contributed by atoms with Gasteiger partial charge in [0.2, 0.25) is 0 Å². The fourth-order valence-electron chi connectivity index (χ4n) is 3.06. The van der Waals surface area contributed by atoms with E-state index in [0.29, 0.717) is 10.6 Å². The zero-order chi connectivity index (χ0) is 15.0. The molecule has 1 aromatic rings. The fourth-order valence-corrected chi connectivity index (χ4v) is 5.61. The predicted molar refractivity (Wildman–Crippen MR) is 85.1 cm³/mol. The number of nitrogens with zero attached hydrogens (tertiary/aromatic N) is 1. The Labute approximate surface area is 132 Å². The number of carboxylic acid groups (broad SMARTS) is 1. The van der Waals surface area contributed by atoms with Crippen molar-refractivity contribution in [3.05, 3.63) is 21.4 Å². The smallest absolute Gasteiger partial charge is 0.327 e. The van der Waals surface area contributed by atoms with Gasteiger partial charge >= 0.3 is 5.97 Å². The highest BCUT2D eigenvalue weighted by molar-refractivity contribution is 8.00. The van der Waals surface area contributed by atoms with Gasteiger partial charge in [0.05, 0.1) is 10.3 Å². The molecule has 0 aromatic carbocycles. The zero-order valence-electron chi connectivity index (χ0n) is 12.0. The van der Waals surface area contributed by atoms with Crippen LogP contribution < -0.4 is 0 Å². The van der Waals surface area contributed by atoms with E-state index in [0.717, 1.165) is 19.3 Å². The fraction of sp³-hybridized carbons (Fsp3) is 0.600. The van der Waals surface area contributed by atoms with Gasteiger partial charge in [-0.05, 0) is 43.7 Å². The number of hydrogen-bond acceptors (Lipinski definition) is 4. The second kappa shape index (κ2) is 6.01. The summed E-state index contributed by atoms with van der Waals surface area (Å²) in [6.07, 6.45) is 5.27. The van der Waals surface area contributed by atoms with Crippen LogP contribution in [0.25, 0.3) is 0 Å². The van der Waals surface area contributed by atoms with Crippen LogP contribution in [0.5, 0.6) is 0 Å². The average Bonchev–Trinajstić information content (AvgIpc) is 3.09. The molecule has 6 heteroatoms. The maximum absolute atomic E-state index is 12.8. The lowest BCUT2D eigenvalue weighted by Crippen LogP contribution is -2.45. The molecule has 1 aromatic heterocycles. The molecule has 3 rings (SSSR count). The maximum Gasteiger partial charge on any atom is 0.327 e. The Morgan fingerprint density at radius 1 is 1.38 bits per heavy atom. The van der Waals surface area contributed by atoms with Crippen molar-refractivity contribution < 1.29 is 14.7 Å². The second-order valence-electron chi connectivity index (χ2n) is 5.53. The first-order valence-electron chi connectivity index (χ1n) is 7.40. The van der Waals surface area contributed by atoms with E-state index < -0.39 is 12.0 Å². The average molecular weight is 325 g/mol. The van der Waals surface area contributed by atoms with Crippen LogP contribution in [0.4, 0.5) is 0 Å². The van der Waals surface area contributed by atoms with Gasteiger partial charge < -0.3 is 10.0 Å². The van der Waals surface area contributed by atoms with Crippen molar-refractivity contribution >= 4 is 35.0 Å². The number of hydrogen-bond donors (Lipinski definition) is 1. The van der Waals surface area contributed by atoms with Crippen LogP contribution in [0.15, 0.2) is 6.07 Å². The van der Waals surface area contributed by atoms with Crippen LogP contribution in [0.3, 0.4) is 0 Å². The number of carbonyl (C=O) groups excluding carboxylic acids is 1. The number of rotatable bonds is 3. The number of thioether (sulfide) groups is 1. The van der Waals surface area contributed by atoms with E-state index in [9.17, 15) is 14.7 Å². The molecule has 1 saturated heterocycles. The minimum absolute atomic E-state index is 0.0160. The third kappa shape index (κ3) is 2.71. The third-order valence-corrected chi connectivity index (χ3v) is 6.85. The van der Waals surface area contributed by atoms with Crippen LogP contribution in [0.2, 0.25) is 0 Å². The van der Waals surface area contributed by atoms with Crippen LogP contribution in [-0.2, 0) is 17.6 Å². The Hall–Kier alpha value is -1.01. The Balaban J connectivity index is 1.88. The van der Waals surface area contributed by atoms with Crippen molar-refractivity contribution in [3.63, 3.8) is 0 Å². The molecular weight excluding hydrogens is 306 g/mol. The molecule has 0 radical (unpaired) electrons. The van der Waals surface area contributed by atoms with Crippen molar-refractivity contribution in [1.29, 1.82) is 0 Å². The summed E-state index contributed by atoms with van der Waals surface area (Å²) in [4.78, 5) is 27.8. The number of amides is 1. The molecule has 4 nitrogen and oxygen atoms in total. The highest BCUT2D eigenvalue weighted by atomic mass is 32.2. The highest BCUT2D eigenvalue weighted by Gasteiger charge is 2.41. The van der Waals surface area contributed by atoms with Gasteiger partial charge in [-0.15, -0.1) is 23.1 Å². The number of aryl methyl sites for hydroxylation is 2. The van der Waals surface area contributed by atoms with Gasteiger partial charge in [-0.1, -0.05) is 6.92 Å². The van der Waals surface area contributed by atoms with Crippen molar-refractivity contribution in [3.8, 4) is 0 Å². The van der Waals surface area contributed by atoms with E-state index in [4.69, 9.17) is 0 Å². The molecule has 1 fully saturated rings. The van der Waals surface area contributed by atoms with Crippen molar-refractivity contribution in [1.82, 2.24) is 4.90 Å². The first-order chi connectivity index (χ1) is 10.1. The topological polar surface area (TPSA) is 57.6 Å². The van der Waals surface area contributed by atoms with E-state index >= 15 is 0 Å². The molecular formula is C15H19NO3S2. The molecule has 0 spiro atoms. The normalized spacial score (nSPS) is 24.9. The standard InChI is InChI=1S/C15H19NO3S2/c1-2-13-16(10(8-20-13)15(18)19)14(17)12-7-9-5-3-4-6-11(9)21-12/h7,10,13H,2-6,8H2,1H3,(H,18,19). The molecule has 1 amide bonds. The summed E-state index contributed by atoms with van der Waals surface area (Å²) in [5.74, 6) is -0.503. The van der Waals surface area contributed by atoms with E-state index in [-0.39, 0.29) is 11.3 Å². The molecule has 2 aliphatic rings. The largest absolute Gasteiger partial charge is 0.480 e. The molecule has 2 heterocycles.